The van der Waals surface area contributed by atoms with Gasteiger partial charge in [-0.3, -0.25) is 4.68 Å². The van der Waals surface area contributed by atoms with E-state index in [-0.39, 0.29) is 5.54 Å². The Labute approximate surface area is 91.4 Å². The van der Waals surface area contributed by atoms with Gasteiger partial charge >= 0.3 is 0 Å². The predicted molar refractivity (Wildman–Crippen MR) is 60.6 cm³/mol. The fourth-order valence-electron chi connectivity index (χ4n) is 1.20. The Hall–Kier alpha value is -0.870. The van der Waals surface area contributed by atoms with Crippen LogP contribution in [0.2, 0.25) is 0 Å². The number of nitrogens with two attached hydrogens (primary N) is 1. The van der Waals surface area contributed by atoms with Gasteiger partial charge in [-0.05, 0) is 25.3 Å². The van der Waals surface area contributed by atoms with Crippen molar-refractivity contribution >= 4 is 0 Å². The number of hydrogen-bond acceptors (Lipinski definition) is 3. The first-order valence-corrected chi connectivity index (χ1v) is 5.37. The number of nitrogens with zero attached hydrogens (tertiary/aromatic N) is 2. The number of aromatic nitrogens is 2. The summed E-state index contributed by atoms with van der Waals surface area (Å²) in [6.45, 7) is 5.41. The molecule has 2 N–H and O–H groups in total. The van der Waals surface area contributed by atoms with Crippen molar-refractivity contribution in [3.8, 4) is 0 Å². The van der Waals surface area contributed by atoms with Gasteiger partial charge in [0.1, 0.15) is 0 Å². The van der Waals surface area contributed by atoms with E-state index < -0.39 is 0 Å². The molecule has 86 valence electrons. The molecule has 1 rings (SSSR count). The van der Waals surface area contributed by atoms with Gasteiger partial charge in [-0.15, -0.1) is 0 Å². The Bertz CT molecular complexity index is 294. The monoisotopic (exact) mass is 211 g/mol. The molecule has 4 heteroatoms. The molecule has 0 aliphatic rings. The van der Waals surface area contributed by atoms with Crippen molar-refractivity contribution in [2.75, 3.05) is 13.2 Å². The van der Waals surface area contributed by atoms with Crippen LogP contribution in [0.5, 0.6) is 0 Å². The van der Waals surface area contributed by atoms with Crippen LogP contribution in [-0.4, -0.2) is 28.5 Å². The molecule has 0 radical (unpaired) electrons. The van der Waals surface area contributed by atoms with Crippen LogP contribution >= 0.6 is 0 Å². The molecular weight excluding hydrogens is 190 g/mol. The van der Waals surface area contributed by atoms with Gasteiger partial charge in [-0.2, -0.15) is 5.10 Å². The van der Waals surface area contributed by atoms with Crippen molar-refractivity contribution in [1.29, 1.82) is 0 Å². The first-order valence-electron chi connectivity index (χ1n) is 5.37. The molecule has 1 aromatic rings. The molecule has 0 saturated carbocycles. The van der Waals surface area contributed by atoms with E-state index in [9.17, 15) is 0 Å². The first-order chi connectivity index (χ1) is 7.03. The molecule has 1 unspecified atom stereocenters. The zero-order valence-corrected chi connectivity index (χ0v) is 9.86. The summed E-state index contributed by atoms with van der Waals surface area (Å²) in [6.07, 6.45) is 5.70. The normalized spacial score (nSPS) is 15.2. The van der Waals surface area contributed by atoms with Crippen LogP contribution in [0.3, 0.4) is 0 Å². The van der Waals surface area contributed by atoms with Gasteiger partial charge in [0.2, 0.25) is 0 Å². The average molecular weight is 211 g/mol. The summed E-state index contributed by atoms with van der Waals surface area (Å²) >= 11 is 0. The van der Waals surface area contributed by atoms with Crippen molar-refractivity contribution in [1.82, 2.24) is 9.78 Å². The molecule has 1 atom stereocenters. The summed E-state index contributed by atoms with van der Waals surface area (Å²) in [5.41, 5.74) is 6.96. The van der Waals surface area contributed by atoms with Gasteiger partial charge < -0.3 is 10.5 Å². The molecule has 0 aliphatic heterocycles. The van der Waals surface area contributed by atoms with Gasteiger partial charge in [0.15, 0.2) is 0 Å². The summed E-state index contributed by atoms with van der Waals surface area (Å²) in [7, 11) is 1.92. The molecule has 1 aromatic heterocycles. The Kier molecular flexibility index (Phi) is 4.29. The van der Waals surface area contributed by atoms with Crippen LogP contribution in [0, 0.1) is 0 Å². The quantitative estimate of drug-likeness (QED) is 0.717. The van der Waals surface area contributed by atoms with Crippen LogP contribution in [0.1, 0.15) is 25.8 Å². The second kappa shape index (κ2) is 5.28. The lowest BCUT2D eigenvalue weighted by Crippen LogP contribution is -2.40. The minimum atomic E-state index is -0.199. The lowest BCUT2D eigenvalue weighted by atomic mass is 10.0. The van der Waals surface area contributed by atoms with E-state index in [1.807, 2.05) is 26.4 Å². The first kappa shape index (κ1) is 12.2. The summed E-state index contributed by atoms with van der Waals surface area (Å²) in [5, 5.41) is 4.10. The van der Waals surface area contributed by atoms with Crippen molar-refractivity contribution in [2.45, 2.75) is 32.2 Å². The van der Waals surface area contributed by atoms with Crippen molar-refractivity contribution in [3.63, 3.8) is 0 Å². The molecule has 0 spiro atoms. The van der Waals surface area contributed by atoms with E-state index in [0.717, 1.165) is 12.8 Å². The van der Waals surface area contributed by atoms with Gasteiger partial charge in [0.05, 0.1) is 19.4 Å². The summed E-state index contributed by atoms with van der Waals surface area (Å²) < 4.78 is 7.34. The van der Waals surface area contributed by atoms with Gasteiger partial charge in [-0.25, -0.2) is 0 Å². The fraction of sp³-hybridized carbons (Fsp3) is 0.727. The van der Waals surface area contributed by atoms with Gasteiger partial charge in [0, 0.05) is 18.8 Å². The fourth-order valence-corrected chi connectivity index (χ4v) is 1.20. The van der Waals surface area contributed by atoms with Crippen molar-refractivity contribution in [3.05, 3.63) is 18.0 Å². The van der Waals surface area contributed by atoms with Crippen LogP contribution in [0.25, 0.3) is 0 Å². The van der Waals surface area contributed by atoms with Crippen molar-refractivity contribution in [2.24, 2.45) is 12.8 Å². The maximum atomic E-state index is 5.96. The van der Waals surface area contributed by atoms with Gasteiger partial charge in [0.25, 0.3) is 0 Å². The summed E-state index contributed by atoms with van der Waals surface area (Å²) in [5.74, 6) is 0. The lowest BCUT2D eigenvalue weighted by molar-refractivity contribution is 0.0918. The van der Waals surface area contributed by atoms with E-state index in [2.05, 4.69) is 12.0 Å². The maximum absolute atomic E-state index is 5.96. The zero-order chi connectivity index (χ0) is 11.3. The smallest absolute Gasteiger partial charge is 0.0643 e. The molecule has 4 nitrogen and oxygen atoms in total. The van der Waals surface area contributed by atoms with E-state index in [1.165, 1.54) is 5.56 Å². The molecule has 0 bridgehead atoms. The highest BCUT2D eigenvalue weighted by Gasteiger charge is 2.15. The van der Waals surface area contributed by atoms with Gasteiger partial charge in [-0.1, -0.05) is 6.92 Å². The SMILES string of the molecule is CCC(C)(N)COCCc1cnn(C)c1. The topological polar surface area (TPSA) is 53.1 Å². The highest BCUT2D eigenvalue weighted by atomic mass is 16.5. The highest BCUT2D eigenvalue weighted by molar-refractivity contribution is 5.03. The van der Waals surface area contributed by atoms with Crippen LogP contribution in [-0.2, 0) is 18.2 Å². The highest BCUT2D eigenvalue weighted by Crippen LogP contribution is 2.05. The standard InChI is InChI=1S/C11H21N3O/c1-4-11(2,12)9-15-6-5-10-7-13-14(3)8-10/h7-8H,4-6,9,12H2,1-3H3. The van der Waals surface area contributed by atoms with E-state index in [4.69, 9.17) is 10.5 Å². The molecule has 0 aliphatic carbocycles. The Morgan fingerprint density at radius 1 is 1.60 bits per heavy atom. The third-order valence-electron chi connectivity index (χ3n) is 2.53. The van der Waals surface area contributed by atoms with Crippen LogP contribution in [0.15, 0.2) is 12.4 Å². The second-order valence-corrected chi connectivity index (χ2v) is 4.33. The number of rotatable bonds is 6. The summed E-state index contributed by atoms with van der Waals surface area (Å²) in [4.78, 5) is 0. The maximum Gasteiger partial charge on any atom is 0.0643 e. The number of ether oxygens (including phenoxy) is 1. The van der Waals surface area contributed by atoms with E-state index in [0.29, 0.717) is 13.2 Å². The van der Waals surface area contributed by atoms with Crippen LogP contribution in [0.4, 0.5) is 0 Å². The Morgan fingerprint density at radius 2 is 2.33 bits per heavy atom. The van der Waals surface area contributed by atoms with Crippen molar-refractivity contribution < 1.29 is 4.74 Å². The second-order valence-electron chi connectivity index (χ2n) is 4.33. The molecular formula is C11H21N3O. The summed E-state index contributed by atoms with van der Waals surface area (Å²) in [6, 6.07) is 0. The zero-order valence-electron chi connectivity index (χ0n) is 9.86. The predicted octanol–water partition coefficient (Wildman–Crippen LogP) is 1.11. The van der Waals surface area contributed by atoms with E-state index >= 15 is 0 Å². The number of aryl methyl sites for hydroxylation is 1. The largest absolute Gasteiger partial charge is 0.379 e. The lowest BCUT2D eigenvalue weighted by Gasteiger charge is -2.22. The molecule has 0 amide bonds. The third-order valence-corrected chi connectivity index (χ3v) is 2.53. The minimum Gasteiger partial charge on any atom is -0.379 e. The molecule has 0 aromatic carbocycles. The molecule has 0 fully saturated rings. The minimum absolute atomic E-state index is 0.199. The Balaban J connectivity index is 2.17. The number of hydrogen-bond donors (Lipinski definition) is 1. The Morgan fingerprint density at radius 3 is 2.87 bits per heavy atom. The van der Waals surface area contributed by atoms with Crippen LogP contribution < -0.4 is 5.73 Å². The molecule has 0 saturated heterocycles. The molecule has 1 heterocycles. The molecule has 15 heavy (non-hydrogen) atoms. The third kappa shape index (κ3) is 4.44. The average Bonchev–Trinajstić information content (AvgIpc) is 2.59. The van der Waals surface area contributed by atoms with E-state index in [1.54, 1.807) is 4.68 Å².